The molecule has 32 heavy (non-hydrogen) atoms. The topological polar surface area (TPSA) is 92.3 Å². The first-order chi connectivity index (χ1) is 15.1. The predicted octanol–water partition coefficient (Wildman–Crippen LogP) is 4.27. The number of aromatic nitrogens is 1. The summed E-state index contributed by atoms with van der Waals surface area (Å²) in [6.45, 7) is 1.93. The number of ether oxygens (including phenoxy) is 1. The number of halogens is 5. The molecule has 0 aliphatic rings. The Morgan fingerprint density at radius 2 is 1.59 bits per heavy atom. The smallest absolute Gasteiger partial charge is 0.271 e. The molecule has 0 saturated carbocycles. The first-order valence-electron chi connectivity index (χ1n) is 9.62. The van der Waals surface area contributed by atoms with E-state index in [0.717, 1.165) is 17.4 Å². The van der Waals surface area contributed by atoms with Crippen LogP contribution in [-0.2, 0) is 6.54 Å². The number of rotatable bonds is 9. The van der Waals surface area contributed by atoms with Gasteiger partial charge in [0.05, 0.1) is 5.56 Å². The van der Waals surface area contributed by atoms with Gasteiger partial charge in [0.25, 0.3) is 5.56 Å². The van der Waals surface area contributed by atoms with Crippen LogP contribution in [-0.4, -0.2) is 22.1 Å². The number of pyridine rings is 1. The standard InChI is InChI=1S/C21H19F5N2O4/c1-3-4-5-6-7-28-20(30)11(8-27)10(2)13(21(28)31)12(29)9-32-19-17(25)15(23)14(22)16(24)18(19)26/h31H,3-7,9H2,1-2H3. The van der Waals surface area contributed by atoms with Crippen LogP contribution in [0.25, 0.3) is 0 Å². The maximum atomic E-state index is 13.8. The van der Waals surface area contributed by atoms with Crippen molar-refractivity contribution in [1.29, 1.82) is 5.26 Å². The van der Waals surface area contributed by atoms with Gasteiger partial charge in [-0.1, -0.05) is 26.2 Å². The average molecular weight is 458 g/mol. The SMILES string of the molecule is CCCCCCn1c(O)c(C(=O)COc2c(F)c(F)c(F)c(F)c2F)c(C)c(C#N)c1=O. The van der Waals surface area contributed by atoms with Crippen molar-refractivity contribution in [3.05, 3.63) is 56.1 Å². The Morgan fingerprint density at radius 3 is 2.12 bits per heavy atom. The normalized spacial score (nSPS) is 10.8. The molecule has 11 heteroatoms. The molecular weight excluding hydrogens is 439 g/mol. The van der Waals surface area contributed by atoms with Crippen molar-refractivity contribution in [3.63, 3.8) is 0 Å². The molecule has 1 heterocycles. The highest BCUT2D eigenvalue weighted by molar-refractivity contribution is 6.01. The van der Waals surface area contributed by atoms with Crippen molar-refractivity contribution in [2.45, 2.75) is 46.1 Å². The molecule has 0 saturated heterocycles. The predicted molar refractivity (Wildman–Crippen MR) is 102 cm³/mol. The van der Waals surface area contributed by atoms with Gasteiger partial charge in [-0.2, -0.15) is 14.0 Å². The largest absolute Gasteiger partial charge is 0.494 e. The molecule has 1 aromatic heterocycles. The van der Waals surface area contributed by atoms with Gasteiger partial charge in [-0.25, -0.2) is 13.2 Å². The second-order valence-electron chi connectivity index (χ2n) is 6.94. The fraction of sp³-hybridized carbons (Fsp3) is 0.381. The molecule has 1 N–H and O–H groups in total. The number of unbranched alkanes of at least 4 members (excludes halogenated alkanes) is 3. The summed E-state index contributed by atoms with van der Waals surface area (Å²) in [5.41, 5.74) is -1.99. The number of Topliss-reactive ketones (excluding diaryl/α,β-unsaturated/α-hetero) is 1. The highest BCUT2D eigenvalue weighted by Gasteiger charge is 2.29. The van der Waals surface area contributed by atoms with E-state index < -0.39 is 69.8 Å². The minimum absolute atomic E-state index is 0.00158. The van der Waals surface area contributed by atoms with Crippen molar-refractivity contribution in [3.8, 4) is 17.7 Å². The summed E-state index contributed by atoms with van der Waals surface area (Å²) in [6, 6.07) is 1.64. The van der Waals surface area contributed by atoms with Gasteiger partial charge < -0.3 is 9.84 Å². The molecule has 0 atom stereocenters. The number of hydrogen-bond donors (Lipinski definition) is 1. The van der Waals surface area contributed by atoms with E-state index in [0.29, 0.717) is 12.8 Å². The zero-order valence-electron chi connectivity index (χ0n) is 17.2. The molecule has 0 radical (unpaired) electrons. The monoisotopic (exact) mass is 458 g/mol. The van der Waals surface area contributed by atoms with E-state index in [2.05, 4.69) is 4.74 Å². The van der Waals surface area contributed by atoms with Gasteiger partial charge in [-0.05, 0) is 18.9 Å². The van der Waals surface area contributed by atoms with Crippen LogP contribution in [0, 0.1) is 47.3 Å². The summed E-state index contributed by atoms with van der Waals surface area (Å²) >= 11 is 0. The van der Waals surface area contributed by atoms with Gasteiger partial charge in [0, 0.05) is 6.54 Å². The Bertz CT molecular complexity index is 1130. The summed E-state index contributed by atoms with van der Waals surface area (Å²) in [7, 11) is 0. The van der Waals surface area contributed by atoms with E-state index in [1.54, 1.807) is 6.07 Å². The van der Waals surface area contributed by atoms with Crippen LogP contribution in [0.3, 0.4) is 0 Å². The number of benzene rings is 1. The minimum Gasteiger partial charge on any atom is -0.494 e. The third-order valence-electron chi connectivity index (χ3n) is 4.83. The Balaban J connectivity index is 2.42. The van der Waals surface area contributed by atoms with Crippen molar-refractivity contribution < 1.29 is 36.6 Å². The molecule has 0 bridgehead atoms. The van der Waals surface area contributed by atoms with E-state index in [-0.39, 0.29) is 12.1 Å². The third-order valence-corrected chi connectivity index (χ3v) is 4.83. The number of nitriles is 1. The van der Waals surface area contributed by atoms with E-state index in [1.165, 1.54) is 6.92 Å². The minimum atomic E-state index is -2.39. The fourth-order valence-electron chi connectivity index (χ4n) is 3.11. The number of carbonyl (C=O) groups excluding carboxylic acids is 1. The fourth-order valence-corrected chi connectivity index (χ4v) is 3.11. The van der Waals surface area contributed by atoms with Crippen LogP contribution in [0.1, 0.15) is 54.1 Å². The second-order valence-corrected chi connectivity index (χ2v) is 6.94. The number of nitrogens with zero attached hydrogens (tertiary/aromatic N) is 2. The highest BCUT2D eigenvalue weighted by atomic mass is 19.2. The van der Waals surface area contributed by atoms with Crippen LogP contribution in [0.15, 0.2) is 4.79 Å². The molecule has 172 valence electrons. The second kappa shape index (κ2) is 10.3. The first-order valence-corrected chi connectivity index (χ1v) is 9.62. The Labute approximate surface area is 179 Å². The summed E-state index contributed by atoms with van der Waals surface area (Å²) in [4.78, 5) is 25.1. The van der Waals surface area contributed by atoms with Gasteiger partial charge in [0.1, 0.15) is 11.6 Å². The Kier molecular flexibility index (Phi) is 7.97. The molecule has 2 rings (SSSR count). The Hall–Kier alpha value is -3.42. The van der Waals surface area contributed by atoms with Crippen molar-refractivity contribution in [2.24, 2.45) is 0 Å². The lowest BCUT2D eigenvalue weighted by Crippen LogP contribution is -2.28. The third kappa shape index (κ3) is 4.59. The van der Waals surface area contributed by atoms with E-state index in [1.807, 2.05) is 6.92 Å². The lowest BCUT2D eigenvalue weighted by atomic mass is 10.0. The van der Waals surface area contributed by atoms with Crippen molar-refractivity contribution in [1.82, 2.24) is 4.57 Å². The van der Waals surface area contributed by atoms with Gasteiger partial charge in [-0.15, -0.1) is 0 Å². The number of ketones is 1. The molecule has 0 spiro atoms. The van der Waals surface area contributed by atoms with Gasteiger partial charge in [0.15, 0.2) is 12.4 Å². The molecule has 0 amide bonds. The highest BCUT2D eigenvalue weighted by Crippen LogP contribution is 2.30. The maximum Gasteiger partial charge on any atom is 0.271 e. The van der Waals surface area contributed by atoms with Crippen LogP contribution in [0.4, 0.5) is 22.0 Å². The molecule has 0 fully saturated rings. The van der Waals surface area contributed by atoms with Gasteiger partial charge in [0.2, 0.25) is 40.7 Å². The summed E-state index contributed by atoms with van der Waals surface area (Å²) < 4.78 is 72.6. The van der Waals surface area contributed by atoms with Crippen molar-refractivity contribution in [2.75, 3.05) is 6.61 Å². The lowest BCUT2D eigenvalue weighted by molar-refractivity contribution is 0.0908. The summed E-state index contributed by atoms with van der Waals surface area (Å²) in [5, 5.41) is 19.8. The van der Waals surface area contributed by atoms with Crippen LogP contribution >= 0.6 is 0 Å². The maximum absolute atomic E-state index is 13.8. The summed E-state index contributed by atoms with van der Waals surface area (Å²) in [6.07, 6.45) is 2.93. The van der Waals surface area contributed by atoms with E-state index >= 15 is 0 Å². The quantitative estimate of drug-likeness (QED) is 0.199. The number of carbonyl (C=O) groups is 1. The zero-order valence-corrected chi connectivity index (χ0v) is 17.2. The van der Waals surface area contributed by atoms with Crippen LogP contribution in [0.2, 0.25) is 0 Å². The summed E-state index contributed by atoms with van der Waals surface area (Å²) in [5.74, 6) is -15.0. The van der Waals surface area contributed by atoms with Gasteiger partial charge >= 0.3 is 0 Å². The van der Waals surface area contributed by atoms with E-state index in [9.17, 15) is 41.9 Å². The van der Waals surface area contributed by atoms with Crippen molar-refractivity contribution >= 4 is 5.78 Å². The molecule has 0 aliphatic carbocycles. The van der Waals surface area contributed by atoms with Crippen LogP contribution in [0.5, 0.6) is 11.6 Å². The molecule has 0 unspecified atom stereocenters. The lowest BCUT2D eigenvalue weighted by Gasteiger charge is -2.16. The molecule has 0 aliphatic heterocycles. The average Bonchev–Trinajstić information content (AvgIpc) is 2.76. The zero-order chi connectivity index (χ0) is 24.2. The first kappa shape index (κ1) is 24.8. The number of hydrogen-bond acceptors (Lipinski definition) is 5. The molecular formula is C21H19F5N2O4. The Morgan fingerprint density at radius 1 is 1.03 bits per heavy atom. The molecule has 6 nitrogen and oxygen atoms in total. The van der Waals surface area contributed by atoms with Crippen LogP contribution < -0.4 is 10.3 Å². The molecule has 2 aromatic rings. The molecule has 1 aromatic carbocycles. The number of aromatic hydroxyl groups is 1. The van der Waals surface area contributed by atoms with Gasteiger partial charge in [-0.3, -0.25) is 14.2 Å². The van der Waals surface area contributed by atoms with E-state index in [4.69, 9.17) is 0 Å².